The number of hydrogen-bond acceptors (Lipinski definition) is 3. The Morgan fingerprint density at radius 2 is 1.96 bits per heavy atom. The molecule has 1 amide bonds. The van der Waals surface area contributed by atoms with E-state index in [9.17, 15) is 13.6 Å². The maximum atomic E-state index is 13.6. The van der Waals surface area contributed by atoms with Gasteiger partial charge in [-0.25, -0.2) is 8.78 Å². The van der Waals surface area contributed by atoms with Crippen molar-refractivity contribution in [1.29, 1.82) is 0 Å². The Balaban J connectivity index is 1.50. The summed E-state index contributed by atoms with van der Waals surface area (Å²) in [5.74, 6) is -4.78. The van der Waals surface area contributed by atoms with E-state index in [1.165, 1.54) is 6.92 Å². The summed E-state index contributed by atoms with van der Waals surface area (Å²) in [6, 6.07) is 0. The van der Waals surface area contributed by atoms with Crippen LogP contribution in [0.3, 0.4) is 0 Å². The second-order valence-electron chi connectivity index (χ2n) is 7.59. The first-order valence-corrected chi connectivity index (χ1v) is 8.80. The number of alkyl halides is 2. The van der Waals surface area contributed by atoms with Crippen LogP contribution in [0.2, 0.25) is 0 Å². The van der Waals surface area contributed by atoms with Crippen molar-refractivity contribution in [3.63, 3.8) is 0 Å². The lowest BCUT2D eigenvalue weighted by Gasteiger charge is -2.31. The van der Waals surface area contributed by atoms with E-state index in [4.69, 9.17) is 0 Å². The second-order valence-corrected chi connectivity index (χ2v) is 7.59. The Labute approximate surface area is 140 Å². The minimum absolute atomic E-state index is 0.395. The monoisotopic (exact) mass is 338 g/mol. The molecule has 1 aromatic rings. The fourth-order valence-corrected chi connectivity index (χ4v) is 4.18. The number of carbonyl (C=O) groups excluding carboxylic acids is 1. The van der Waals surface area contributed by atoms with Gasteiger partial charge in [0.15, 0.2) is 0 Å². The van der Waals surface area contributed by atoms with E-state index in [-0.39, 0.29) is 0 Å². The first kappa shape index (κ1) is 16.0. The Kier molecular flexibility index (Phi) is 3.67. The highest BCUT2D eigenvalue weighted by molar-refractivity contribution is 5.83. The number of nitrogens with one attached hydrogen (secondary N) is 1. The standard InChI is InChI=1S/C17H24F2N4O/c1-10-14(17(10,18)19)16(24)23-8-5-13-12(9-23)15(21-20-13)11-3-6-22(2)7-4-11/h10-11,14H,3-9H2,1-2H3,(H,20,21). The molecular formula is C17H24F2N4O. The summed E-state index contributed by atoms with van der Waals surface area (Å²) in [6.07, 6.45) is 2.78. The van der Waals surface area contributed by atoms with Gasteiger partial charge in [0.25, 0.3) is 5.92 Å². The Morgan fingerprint density at radius 1 is 1.29 bits per heavy atom. The molecule has 2 aliphatic heterocycles. The number of piperidine rings is 1. The summed E-state index contributed by atoms with van der Waals surface area (Å²) >= 11 is 0. The number of rotatable bonds is 2. The van der Waals surface area contributed by atoms with Crippen LogP contribution in [0.4, 0.5) is 8.78 Å². The highest BCUT2D eigenvalue weighted by Crippen LogP contribution is 2.55. The lowest BCUT2D eigenvalue weighted by molar-refractivity contribution is -0.135. The molecule has 0 spiro atoms. The van der Waals surface area contributed by atoms with Crippen molar-refractivity contribution in [1.82, 2.24) is 20.0 Å². The van der Waals surface area contributed by atoms with Crippen LogP contribution in [-0.4, -0.2) is 58.5 Å². The summed E-state index contributed by atoms with van der Waals surface area (Å²) < 4.78 is 27.1. The van der Waals surface area contributed by atoms with Gasteiger partial charge in [-0.15, -0.1) is 0 Å². The molecule has 1 aliphatic carbocycles. The van der Waals surface area contributed by atoms with Gasteiger partial charge in [0.1, 0.15) is 5.92 Å². The molecule has 3 heterocycles. The van der Waals surface area contributed by atoms with E-state index in [2.05, 4.69) is 22.1 Å². The first-order chi connectivity index (χ1) is 11.4. The molecule has 3 aliphatic rings. The molecule has 7 heteroatoms. The van der Waals surface area contributed by atoms with Gasteiger partial charge in [-0.3, -0.25) is 9.89 Å². The number of aromatic nitrogens is 2. The third-order valence-corrected chi connectivity index (χ3v) is 6.06. The molecule has 5 nitrogen and oxygen atoms in total. The van der Waals surface area contributed by atoms with Crippen molar-refractivity contribution in [3.8, 4) is 0 Å². The van der Waals surface area contributed by atoms with Crippen LogP contribution in [0, 0.1) is 11.8 Å². The normalized spacial score (nSPS) is 30.2. The molecule has 1 saturated heterocycles. The molecule has 24 heavy (non-hydrogen) atoms. The van der Waals surface area contributed by atoms with Crippen molar-refractivity contribution in [2.45, 2.75) is 44.6 Å². The minimum atomic E-state index is -2.83. The van der Waals surface area contributed by atoms with Crippen LogP contribution in [0.15, 0.2) is 0 Å². The van der Waals surface area contributed by atoms with E-state index in [1.807, 2.05) is 0 Å². The predicted molar refractivity (Wildman–Crippen MR) is 84.8 cm³/mol. The molecule has 1 N–H and O–H groups in total. The number of hydrogen-bond donors (Lipinski definition) is 1. The van der Waals surface area contributed by atoms with Crippen molar-refractivity contribution in [2.75, 3.05) is 26.7 Å². The number of fused-ring (bicyclic) bond motifs is 1. The highest BCUT2D eigenvalue weighted by Gasteiger charge is 2.70. The van der Waals surface area contributed by atoms with Gasteiger partial charge >= 0.3 is 0 Å². The van der Waals surface area contributed by atoms with E-state index >= 15 is 0 Å². The second kappa shape index (κ2) is 5.51. The van der Waals surface area contributed by atoms with E-state index in [0.717, 1.165) is 42.9 Å². The average Bonchev–Trinajstić information content (AvgIpc) is 2.90. The van der Waals surface area contributed by atoms with Crippen molar-refractivity contribution in [2.24, 2.45) is 11.8 Å². The number of H-pyrrole nitrogens is 1. The number of aromatic amines is 1. The third kappa shape index (κ3) is 2.44. The average molecular weight is 338 g/mol. The van der Waals surface area contributed by atoms with Crippen LogP contribution in [0.5, 0.6) is 0 Å². The largest absolute Gasteiger partial charge is 0.337 e. The highest BCUT2D eigenvalue weighted by atomic mass is 19.3. The number of likely N-dealkylation sites (tertiary alicyclic amines) is 1. The van der Waals surface area contributed by atoms with Crippen molar-refractivity contribution in [3.05, 3.63) is 17.0 Å². The van der Waals surface area contributed by atoms with Crippen LogP contribution >= 0.6 is 0 Å². The molecule has 0 bridgehead atoms. The fourth-order valence-electron chi connectivity index (χ4n) is 4.18. The lowest BCUT2D eigenvalue weighted by atomic mass is 9.89. The minimum Gasteiger partial charge on any atom is -0.337 e. The van der Waals surface area contributed by atoms with E-state index in [1.54, 1.807) is 4.90 Å². The lowest BCUT2D eigenvalue weighted by Crippen LogP contribution is -2.38. The Hall–Kier alpha value is -1.50. The molecule has 2 atom stereocenters. The summed E-state index contributed by atoms with van der Waals surface area (Å²) in [4.78, 5) is 16.4. The van der Waals surface area contributed by atoms with Crippen molar-refractivity contribution < 1.29 is 13.6 Å². The van der Waals surface area contributed by atoms with Gasteiger partial charge in [-0.2, -0.15) is 5.10 Å². The molecule has 4 rings (SSSR count). The molecule has 2 fully saturated rings. The smallest absolute Gasteiger partial charge is 0.263 e. The van der Waals surface area contributed by atoms with Gasteiger partial charge in [0.05, 0.1) is 5.69 Å². The SMILES string of the molecule is CC1C(C(=O)N2CCc3[nH]nc(C4CCN(C)CC4)c3C2)C1(F)F. The molecule has 0 aromatic carbocycles. The Morgan fingerprint density at radius 3 is 2.58 bits per heavy atom. The zero-order valence-corrected chi connectivity index (χ0v) is 14.2. The van der Waals surface area contributed by atoms with Crippen molar-refractivity contribution >= 4 is 5.91 Å². The molecule has 0 radical (unpaired) electrons. The summed E-state index contributed by atoms with van der Waals surface area (Å²) in [5, 5.41) is 7.63. The number of halogens is 2. The molecule has 1 aromatic heterocycles. The van der Waals surface area contributed by atoms with Crippen LogP contribution in [-0.2, 0) is 17.8 Å². The maximum absolute atomic E-state index is 13.6. The molecule has 132 valence electrons. The van der Waals surface area contributed by atoms with Gasteiger partial charge in [-0.05, 0) is 33.0 Å². The summed E-state index contributed by atoms with van der Waals surface area (Å²) in [5.41, 5.74) is 3.19. The predicted octanol–water partition coefficient (Wildman–Crippen LogP) is 2.00. The topological polar surface area (TPSA) is 52.2 Å². The van der Waals surface area contributed by atoms with E-state index < -0.39 is 23.7 Å². The first-order valence-electron chi connectivity index (χ1n) is 8.80. The van der Waals surface area contributed by atoms with Gasteiger partial charge in [0.2, 0.25) is 5.91 Å². The fraction of sp³-hybridized carbons (Fsp3) is 0.765. The Bertz CT molecular complexity index is 651. The van der Waals surface area contributed by atoms with Gasteiger partial charge < -0.3 is 9.80 Å². The number of carbonyl (C=O) groups is 1. The molecule has 2 unspecified atom stereocenters. The maximum Gasteiger partial charge on any atom is 0.263 e. The quantitative estimate of drug-likeness (QED) is 0.897. The number of nitrogens with zero attached hydrogens (tertiary/aromatic N) is 3. The molecule has 1 saturated carbocycles. The molecular weight excluding hydrogens is 314 g/mol. The van der Waals surface area contributed by atoms with E-state index in [0.29, 0.717) is 25.4 Å². The third-order valence-electron chi connectivity index (χ3n) is 6.06. The van der Waals surface area contributed by atoms with Gasteiger partial charge in [0, 0.05) is 42.6 Å². The zero-order chi connectivity index (χ0) is 17.1. The van der Waals surface area contributed by atoms with Crippen LogP contribution in [0.1, 0.15) is 42.6 Å². The van der Waals surface area contributed by atoms with Crippen LogP contribution in [0.25, 0.3) is 0 Å². The summed E-state index contributed by atoms with van der Waals surface area (Å²) in [7, 11) is 2.12. The van der Waals surface area contributed by atoms with Gasteiger partial charge in [-0.1, -0.05) is 6.92 Å². The number of amides is 1. The summed E-state index contributed by atoms with van der Waals surface area (Å²) in [6.45, 7) is 4.47. The van der Waals surface area contributed by atoms with Crippen LogP contribution < -0.4 is 0 Å². The zero-order valence-electron chi connectivity index (χ0n) is 14.2.